The highest BCUT2D eigenvalue weighted by atomic mass is 16.5. The van der Waals surface area contributed by atoms with Crippen LogP contribution in [0.25, 0.3) is 5.52 Å². The smallest absolute Gasteiger partial charge is 0.341 e. The molecule has 0 aliphatic carbocycles. The number of nitrogens with zero attached hydrogens (tertiary/aromatic N) is 1. The molecule has 1 N–H and O–H groups in total. The average molecular weight is 365 g/mol. The lowest BCUT2D eigenvalue weighted by Crippen LogP contribution is -2.24. The van der Waals surface area contributed by atoms with Gasteiger partial charge in [-0.15, -0.1) is 0 Å². The molecule has 1 aromatic carbocycles. The summed E-state index contributed by atoms with van der Waals surface area (Å²) in [6.07, 6.45) is 3.26. The standard InChI is InChI=1S/C21H19NO5/c1-2-3-11-27-15-9-10-18-16(19(23)14-7-5-4-6-8-14)12-17(21(25)26)20(24)22(18)13-15/h4-10,12-13H,2-3,11H2,1H3,(H,25,26). The SMILES string of the molecule is CCCCOc1ccc2c(C(=O)c3ccccc3)cc(C(=O)O)c(=O)n2c1. The topological polar surface area (TPSA) is 85.1 Å². The number of carboxylic acid groups (broad SMARTS) is 1. The van der Waals surface area contributed by atoms with Gasteiger partial charge in [0, 0.05) is 11.1 Å². The van der Waals surface area contributed by atoms with Crippen molar-refractivity contribution in [2.24, 2.45) is 0 Å². The van der Waals surface area contributed by atoms with E-state index in [-0.39, 0.29) is 11.3 Å². The summed E-state index contributed by atoms with van der Waals surface area (Å²) in [5.41, 5.74) is -0.266. The molecule has 0 amide bonds. The molecule has 3 aromatic rings. The molecule has 0 radical (unpaired) electrons. The van der Waals surface area contributed by atoms with Gasteiger partial charge in [0.15, 0.2) is 5.78 Å². The Balaban J connectivity index is 2.18. The lowest BCUT2D eigenvalue weighted by Gasteiger charge is -2.11. The quantitative estimate of drug-likeness (QED) is 0.512. The van der Waals surface area contributed by atoms with Crippen molar-refractivity contribution in [1.82, 2.24) is 4.40 Å². The van der Waals surface area contributed by atoms with E-state index in [1.165, 1.54) is 10.6 Å². The van der Waals surface area contributed by atoms with Gasteiger partial charge >= 0.3 is 5.97 Å². The minimum absolute atomic E-state index is 0.151. The molecule has 2 aromatic heterocycles. The van der Waals surface area contributed by atoms with Crippen LogP contribution in [0.1, 0.15) is 46.0 Å². The van der Waals surface area contributed by atoms with Gasteiger partial charge in [-0.25, -0.2) is 4.79 Å². The highest BCUT2D eigenvalue weighted by Crippen LogP contribution is 2.20. The number of aromatic carboxylic acids is 1. The molecule has 6 nitrogen and oxygen atoms in total. The summed E-state index contributed by atoms with van der Waals surface area (Å²) >= 11 is 0. The van der Waals surface area contributed by atoms with Gasteiger partial charge in [0.05, 0.1) is 18.3 Å². The van der Waals surface area contributed by atoms with E-state index in [0.29, 0.717) is 23.4 Å². The number of carboxylic acids is 1. The lowest BCUT2D eigenvalue weighted by molar-refractivity contribution is 0.0694. The first-order valence-corrected chi connectivity index (χ1v) is 8.68. The third-order valence-corrected chi connectivity index (χ3v) is 4.21. The van der Waals surface area contributed by atoms with Crippen LogP contribution in [0.3, 0.4) is 0 Å². The van der Waals surface area contributed by atoms with Crippen molar-refractivity contribution in [2.45, 2.75) is 19.8 Å². The van der Waals surface area contributed by atoms with Crippen molar-refractivity contribution >= 4 is 17.3 Å². The first kappa shape index (κ1) is 18.4. The zero-order valence-corrected chi connectivity index (χ0v) is 14.8. The second kappa shape index (κ2) is 7.86. The average Bonchev–Trinajstić information content (AvgIpc) is 2.68. The number of hydrogen-bond acceptors (Lipinski definition) is 4. The summed E-state index contributed by atoms with van der Waals surface area (Å²) in [7, 11) is 0. The maximum absolute atomic E-state index is 12.9. The van der Waals surface area contributed by atoms with Crippen molar-refractivity contribution in [3.05, 3.63) is 81.8 Å². The predicted octanol–water partition coefficient (Wildman–Crippen LogP) is 3.41. The Morgan fingerprint density at radius 3 is 2.48 bits per heavy atom. The zero-order chi connectivity index (χ0) is 19.4. The fraction of sp³-hybridized carbons (Fsp3) is 0.190. The number of rotatable bonds is 7. The molecule has 0 spiro atoms. The number of aromatic nitrogens is 1. The highest BCUT2D eigenvalue weighted by Gasteiger charge is 2.20. The number of unbranched alkanes of at least 4 members (excludes halogenated alkanes) is 1. The van der Waals surface area contributed by atoms with Crippen LogP contribution in [0.5, 0.6) is 5.75 Å². The van der Waals surface area contributed by atoms with Crippen molar-refractivity contribution in [2.75, 3.05) is 6.61 Å². The molecule has 0 fully saturated rings. The van der Waals surface area contributed by atoms with Gasteiger partial charge in [-0.1, -0.05) is 43.7 Å². The number of carbonyl (C=O) groups excluding carboxylic acids is 1. The van der Waals surface area contributed by atoms with E-state index in [1.807, 2.05) is 6.92 Å². The molecule has 138 valence electrons. The van der Waals surface area contributed by atoms with Gasteiger partial charge in [-0.3, -0.25) is 14.0 Å². The molecular formula is C21H19NO5. The van der Waals surface area contributed by atoms with Gasteiger partial charge in [0.2, 0.25) is 0 Å². The number of pyridine rings is 2. The molecule has 0 unspecified atom stereocenters. The summed E-state index contributed by atoms with van der Waals surface area (Å²) in [6, 6.07) is 12.9. The summed E-state index contributed by atoms with van der Waals surface area (Å²) in [5, 5.41) is 9.39. The van der Waals surface area contributed by atoms with E-state index in [4.69, 9.17) is 4.74 Å². The number of fused-ring (bicyclic) bond motifs is 1. The van der Waals surface area contributed by atoms with Crippen molar-refractivity contribution in [3.8, 4) is 5.75 Å². The van der Waals surface area contributed by atoms with E-state index in [1.54, 1.807) is 42.5 Å². The molecule has 3 rings (SSSR count). The molecule has 0 aliphatic heterocycles. The summed E-state index contributed by atoms with van der Waals surface area (Å²) in [6.45, 7) is 2.53. The first-order chi connectivity index (χ1) is 13.0. The Hall–Kier alpha value is -3.41. The highest BCUT2D eigenvalue weighted by molar-refractivity contribution is 6.13. The Bertz CT molecular complexity index is 1050. The predicted molar refractivity (Wildman–Crippen MR) is 101 cm³/mol. The van der Waals surface area contributed by atoms with Crippen LogP contribution < -0.4 is 10.3 Å². The second-order valence-corrected chi connectivity index (χ2v) is 6.10. The van der Waals surface area contributed by atoms with E-state index < -0.39 is 17.1 Å². The molecule has 2 heterocycles. The molecule has 0 bridgehead atoms. The minimum atomic E-state index is -1.38. The van der Waals surface area contributed by atoms with Gasteiger partial charge < -0.3 is 9.84 Å². The Morgan fingerprint density at radius 2 is 1.81 bits per heavy atom. The fourth-order valence-electron chi connectivity index (χ4n) is 2.78. The maximum Gasteiger partial charge on any atom is 0.341 e. The Kier molecular flexibility index (Phi) is 5.35. The molecule has 0 aliphatic rings. The van der Waals surface area contributed by atoms with Crippen LogP contribution in [0, 0.1) is 0 Å². The molecule has 0 saturated heterocycles. The van der Waals surface area contributed by atoms with Crippen LogP contribution in [0.2, 0.25) is 0 Å². The molecule has 0 atom stereocenters. The largest absolute Gasteiger partial charge is 0.492 e. The monoisotopic (exact) mass is 365 g/mol. The van der Waals surface area contributed by atoms with E-state index >= 15 is 0 Å². The summed E-state index contributed by atoms with van der Waals surface area (Å²) in [5.74, 6) is -1.29. The van der Waals surface area contributed by atoms with Gasteiger partial charge in [0.1, 0.15) is 11.3 Å². The Labute approximate surface area is 155 Å². The van der Waals surface area contributed by atoms with Crippen LogP contribution >= 0.6 is 0 Å². The lowest BCUT2D eigenvalue weighted by atomic mass is 10.0. The van der Waals surface area contributed by atoms with Gasteiger partial charge in [-0.05, 0) is 24.6 Å². The second-order valence-electron chi connectivity index (χ2n) is 6.10. The van der Waals surface area contributed by atoms with E-state index in [2.05, 4.69) is 0 Å². The van der Waals surface area contributed by atoms with E-state index in [9.17, 15) is 19.5 Å². The van der Waals surface area contributed by atoms with Gasteiger partial charge in [0.25, 0.3) is 5.56 Å². The van der Waals surface area contributed by atoms with Crippen LogP contribution in [-0.2, 0) is 0 Å². The van der Waals surface area contributed by atoms with E-state index in [0.717, 1.165) is 18.9 Å². The molecular weight excluding hydrogens is 346 g/mol. The Morgan fingerprint density at radius 1 is 1.07 bits per heavy atom. The van der Waals surface area contributed by atoms with Crippen LogP contribution in [0.4, 0.5) is 0 Å². The van der Waals surface area contributed by atoms with Crippen molar-refractivity contribution in [1.29, 1.82) is 0 Å². The van der Waals surface area contributed by atoms with Crippen LogP contribution in [0.15, 0.2) is 59.5 Å². The minimum Gasteiger partial charge on any atom is -0.492 e. The van der Waals surface area contributed by atoms with Crippen molar-refractivity contribution < 1.29 is 19.4 Å². The number of carbonyl (C=O) groups is 2. The molecule has 6 heteroatoms. The first-order valence-electron chi connectivity index (χ1n) is 8.68. The third kappa shape index (κ3) is 3.74. The zero-order valence-electron chi connectivity index (χ0n) is 14.8. The van der Waals surface area contributed by atoms with Gasteiger partial charge in [-0.2, -0.15) is 0 Å². The van der Waals surface area contributed by atoms with Crippen molar-refractivity contribution in [3.63, 3.8) is 0 Å². The number of benzene rings is 1. The molecule has 27 heavy (non-hydrogen) atoms. The number of ketones is 1. The fourth-order valence-corrected chi connectivity index (χ4v) is 2.78. The summed E-state index contributed by atoms with van der Waals surface area (Å²) in [4.78, 5) is 37.0. The number of hydrogen-bond donors (Lipinski definition) is 1. The number of ether oxygens (including phenoxy) is 1. The summed E-state index contributed by atoms with van der Waals surface area (Å²) < 4.78 is 6.77. The molecule has 0 saturated carbocycles. The van der Waals surface area contributed by atoms with Crippen LogP contribution in [-0.4, -0.2) is 27.9 Å². The normalized spacial score (nSPS) is 10.7. The maximum atomic E-state index is 12.9. The third-order valence-electron chi connectivity index (χ3n) is 4.21.